The second-order valence-corrected chi connectivity index (χ2v) is 8.17. The molecule has 0 spiro atoms. The number of benzene rings is 2. The van der Waals surface area contributed by atoms with Gasteiger partial charge in [-0.2, -0.15) is 18.3 Å². The second kappa shape index (κ2) is 8.57. The van der Waals surface area contributed by atoms with Crippen LogP contribution in [0.3, 0.4) is 0 Å². The summed E-state index contributed by atoms with van der Waals surface area (Å²) < 4.78 is 41.0. The number of rotatable bonds is 5. The van der Waals surface area contributed by atoms with Gasteiger partial charge in [0.05, 0.1) is 11.3 Å². The van der Waals surface area contributed by atoms with Crippen LogP contribution in [0.15, 0.2) is 60.8 Å². The zero-order chi connectivity index (χ0) is 22.0. The van der Waals surface area contributed by atoms with Crippen LogP contribution in [-0.4, -0.2) is 15.7 Å². The fourth-order valence-electron chi connectivity index (χ4n) is 4.45. The molecule has 2 N–H and O–H groups in total. The highest BCUT2D eigenvalue weighted by Crippen LogP contribution is 2.39. The number of carbonyl (C=O) groups is 1. The summed E-state index contributed by atoms with van der Waals surface area (Å²) in [5.41, 5.74) is 7.18. The van der Waals surface area contributed by atoms with E-state index in [1.54, 1.807) is 0 Å². The lowest BCUT2D eigenvalue weighted by Gasteiger charge is -2.30. The highest BCUT2D eigenvalue weighted by atomic mass is 19.4. The maximum Gasteiger partial charge on any atom is 0.416 e. The number of alkyl halides is 3. The van der Waals surface area contributed by atoms with E-state index in [2.05, 4.69) is 5.10 Å². The van der Waals surface area contributed by atoms with Gasteiger partial charge in [-0.25, -0.2) is 0 Å². The van der Waals surface area contributed by atoms with Crippen LogP contribution >= 0.6 is 0 Å². The van der Waals surface area contributed by atoms with Crippen LogP contribution in [0.4, 0.5) is 13.2 Å². The molecule has 2 aromatic carbocycles. The van der Waals surface area contributed by atoms with Crippen LogP contribution in [0.1, 0.15) is 53.1 Å². The van der Waals surface area contributed by atoms with Crippen molar-refractivity contribution in [2.24, 2.45) is 11.7 Å². The molecule has 7 heteroatoms. The molecule has 1 fully saturated rings. The molecule has 0 radical (unpaired) electrons. The first-order valence-electron chi connectivity index (χ1n) is 10.4. The number of hydrogen-bond acceptors (Lipinski definition) is 2. The van der Waals surface area contributed by atoms with Crippen LogP contribution in [0.5, 0.6) is 0 Å². The summed E-state index contributed by atoms with van der Waals surface area (Å²) in [6.07, 6.45) is 0.944. The number of amides is 1. The Morgan fingerprint density at radius 1 is 1.03 bits per heavy atom. The largest absolute Gasteiger partial charge is 0.416 e. The van der Waals surface area contributed by atoms with Gasteiger partial charge in [0.25, 0.3) is 0 Å². The fraction of sp³-hybridized carbons (Fsp3) is 0.333. The molecule has 1 heterocycles. The van der Waals surface area contributed by atoms with Crippen molar-refractivity contribution in [3.8, 4) is 11.3 Å². The van der Waals surface area contributed by atoms with E-state index in [9.17, 15) is 18.0 Å². The van der Waals surface area contributed by atoms with E-state index in [4.69, 9.17) is 5.73 Å². The first-order chi connectivity index (χ1) is 14.8. The normalized spacial score (nSPS) is 19.3. The van der Waals surface area contributed by atoms with E-state index in [-0.39, 0.29) is 11.5 Å². The minimum absolute atomic E-state index is 0.0159. The van der Waals surface area contributed by atoms with Gasteiger partial charge < -0.3 is 5.73 Å². The molecule has 0 bridgehead atoms. The molecule has 4 rings (SSSR count). The summed E-state index contributed by atoms with van der Waals surface area (Å²) >= 11 is 0. The van der Waals surface area contributed by atoms with E-state index in [1.165, 1.54) is 6.07 Å². The molecule has 1 aliphatic carbocycles. The summed E-state index contributed by atoms with van der Waals surface area (Å²) in [6.45, 7) is 0.801. The molecule has 0 unspecified atom stereocenters. The summed E-state index contributed by atoms with van der Waals surface area (Å²) in [5, 5.41) is 4.67. The molecule has 1 aliphatic rings. The van der Waals surface area contributed by atoms with Crippen molar-refractivity contribution in [3.63, 3.8) is 0 Å². The van der Waals surface area contributed by atoms with E-state index >= 15 is 0 Å². The van der Waals surface area contributed by atoms with Gasteiger partial charge in [-0.1, -0.05) is 36.4 Å². The van der Waals surface area contributed by atoms with Gasteiger partial charge in [-0.05, 0) is 61.3 Å². The van der Waals surface area contributed by atoms with Gasteiger partial charge in [0.2, 0.25) is 5.91 Å². The predicted octanol–water partition coefficient (Wildman–Crippen LogP) is 5.64. The van der Waals surface area contributed by atoms with E-state index in [0.717, 1.165) is 55.6 Å². The van der Waals surface area contributed by atoms with Crippen molar-refractivity contribution in [1.29, 1.82) is 0 Å². The lowest BCUT2D eigenvalue weighted by Crippen LogP contribution is -2.22. The molecule has 162 valence electrons. The molecule has 4 nitrogen and oxygen atoms in total. The maximum atomic E-state index is 13.0. The van der Waals surface area contributed by atoms with Crippen molar-refractivity contribution in [2.75, 3.05) is 0 Å². The minimum atomic E-state index is -4.50. The third kappa shape index (κ3) is 4.81. The Bertz CT molecular complexity index is 1050. The molecule has 0 atom stereocenters. The number of hydrogen-bond donors (Lipinski definition) is 1. The van der Waals surface area contributed by atoms with Gasteiger partial charge in [-0.15, -0.1) is 0 Å². The minimum Gasteiger partial charge on any atom is -0.366 e. The van der Waals surface area contributed by atoms with Crippen molar-refractivity contribution < 1.29 is 18.0 Å². The smallest absolute Gasteiger partial charge is 0.366 e. The molecule has 1 saturated carbocycles. The highest BCUT2D eigenvalue weighted by Gasteiger charge is 2.33. The lowest BCUT2D eigenvalue weighted by atomic mass is 9.77. The quantitative estimate of drug-likeness (QED) is 0.573. The van der Waals surface area contributed by atoms with Crippen molar-refractivity contribution in [1.82, 2.24) is 9.78 Å². The van der Waals surface area contributed by atoms with Gasteiger partial charge in [0.1, 0.15) is 0 Å². The maximum absolute atomic E-state index is 13.0. The van der Waals surface area contributed by atoms with Crippen molar-refractivity contribution in [2.45, 2.75) is 44.3 Å². The summed E-state index contributed by atoms with van der Waals surface area (Å²) in [6, 6.07) is 15.3. The molecular weight excluding hydrogens is 403 g/mol. The first-order valence-corrected chi connectivity index (χ1v) is 10.4. The Labute approximate surface area is 178 Å². The SMILES string of the molecule is NC(=O)c1cc(C(F)(F)F)ccc1C1CCC(Cn2ccc(-c3ccccc3)n2)CC1. The summed E-state index contributed by atoms with van der Waals surface area (Å²) in [4.78, 5) is 11.8. The Kier molecular flexibility index (Phi) is 5.85. The first kappa shape index (κ1) is 21.2. The van der Waals surface area contributed by atoms with Crippen molar-refractivity contribution >= 4 is 5.91 Å². The second-order valence-electron chi connectivity index (χ2n) is 8.17. The Hall–Kier alpha value is -3.09. The number of halogens is 3. The summed E-state index contributed by atoms with van der Waals surface area (Å²) in [7, 11) is 0. The molecule has 1 amide bonds. The molecule has 3 aromatic rings. The fourth-order valence-corrected chi connectivity index (χ4v) is 4.45. The van der Waals surface area contributed by atoms with Crippen molar-refractivity contribution in [3.05, 3.63) is 77.5 Å². The zero-order valence-electron chi connectivity index (χ0n) is 17.0. The summed E-state index contributed by atoms with van der Waals surface area (Å²) in [5.74, 6) is -0.335. The van der Waals surface area contributed by atoms with Crippen LogP contribution in [0.2, 0.25) is 0 Å². The van der Waals surface area contributed by atoms with Crippen LogP contribution in [0.25, 0.3) is 11.3 Å². The molecule has 1 aromatic heterocycles. The predicted molar refractivity (Wildman–Crippen MR) is 112 cm³/mol. The Morgan fingerprint density at radius 3 is 2.39 bits per heavy atom. The number of nitrogens with two attached hydrogens (primary N) is 1. The Balaban J connectivity index is 1.41. The van der Waals surface area contributed by atoms with Gasteiger partial charge in [0, 0.05) is 23.9 Å². The topological polar surface area (TPSA) is 60.9 Å². The molecular formula is C24H24F3N3O. The van der Waals surface area contributed by atoms with Gasteiger partial charge >= 0.3 is 6.18 Å². The van der Waals surface area contributed by atoms with Gasteiger partial charge in [-0.3, -0.25) is 9.48 Å². The lowest BCUT2D eigenvalue weighted by molar-refractivity contribution is -0.137. The average molecular weight is 427 g/mol. The number of nitrogens with zero attached hydrogens (tertiary/aromatic N) is 2. The van der Waals surface area contributed by atoms with Crippen LogP contribution in [0, 0.1) is 5.92 Å². The average Bonchev–Trinajstić information content (AvgIpc) is 3.22. The Morgan fingerprint density at radius 2 is 1.74 bits per heavy atom. The third-order valence-corrected chi connectivity index (χ3v) is 6.09. The van der Waals surface area contributed by atoms with E-state index < -0.39 is 17.6 Å². The standard InChI is InChI=1S/C24H24F3N3O/c25-24(26,27)19-10-11-20(21(14-19)23(28)31)17-8-6-16(7-9-17)15-30-13-12-22(29-30)18-4-2-1-3-5-18/h1-5,10-14,16-17H,6-9,15H2,(H2,28,31). The molecule has 31 heavy (non-hydrogen) atoms. The molecule has 0 aliphatic heterocycles. The zero-order valence-corrected chi connectivity index (χ0v) is 17.0. The number of carbonyl (C=O) groups excluding carboxylic acids is 1. The van der Waals surface area contributed by atoms with Crippen LogP contribution < -0.4 is 5.73 Å². The van der Waals surface area contributed by atoms with Gasteiger partial charge in [0.15, 0.2) is 0 Å². The highest BCUT2D eigenvalue weighted by molar-refractivity contribution is 5.94. The number of aromatic nitrogens is 2. The van der Waals surface area contributed by atoms with Crippen LogP contribution in [-0.2, 0) is 12.7 Å². The number of primary amides is 1. The monoisotopic (exact) mass is 427 g/mol. The van der Waals surface area contributed by atoms with E-state index in [1.807, 2.05) is 47.3 Å². The van der Waals surface area contributed by atoms with E-state index in [0.29, 0.717) is 11.5 Å². The third-order valence-electron chi connectivity index (χ3n) is 6.09. The molecule has 0 saturated heterocycles.